The number of anilines is 1. The zero-order valence-corrected chi connectivity index (χ0v) is 10.6. The largest absolute Gasteiger partial charge is 0.346 e. The summed E-state index contributed by atoms with van der Waals surface area (Å²) in [5, 5.41) is 9.18. The van der Waals surface area contributed by atoms with E-state index in [0.717, 1.165) is 28.1 Å². The van der Waals surface area contributed by atoms with Crippen LogP contribution >= 0.6 is 27.3 Å². The van der Waals surface area contributed by atoms with Gasteiger partial charge in [-0.3, -0.25) is 0 Å². The summed E-state index contributed by atoms with van der Waals surface area (Å²) < 4.78 is 0.881. The Morgan fingerprint density at radius 2 is 2.43 bits per heavy atom. The molecule has 1 fully saturated rings. The van der Waals surface area contributed by atoms with Crippen LogP contribution in [0.25, 0.3) is 0 Å². The molecule has 0 bridgehead atoms. The molecule has 0 N–H and O–H groups in total. The van der Waals surface area contributed by atoms with Gasteiger partial charge in [-0.1, -0.05) is 24.7 Å². The van der Waals surface area contributed by atoms with Crippen LogP contribution in [0.5, 0.6) is 0 Å². The molecule has 0 spiro atoms. The summed E-state index contributed by atoms with van der Waals surface area (Å²) in [5.41, 5.74) is 0. The smallest absolute Gasteiger partial charge is 0.209 e. The Morgan fingerprint density at radius 1 is 1.57 bits per heavy atom. The zero-order valence-electron chi connectivity index (χ0n) is 8.24. The van der Waals surface area contributed by atoms with Crippen LogP contribution in [0.3, 0.4) is 0 Å². The maximum atomic E-state index is 4.14. The van der Waals surface area contributed by atoms with E-state index in [1.165, 1.54) is 19.3 Å². The van der Waals surface area contributed by atoms with Crippen LogP contribution in [0, 0.1) is 5.92 Å². The van der Waals surface area contributed by atoms with Gasteiger partial charge in [0.1, 0.15) is 0 Å². The lowest BCUT2D eigenvalue weighted by Gasteiger charge is -2.13. The van der Waals surface area contributed by atoms with Crippen molar-refractivity contribution in [3.63, 3.8) is 0 Å². The van der Waals surface area contributed by atoms with Crippen molar-refractivity contribution >= 4 is 32.4 Å². The van der Waals surface area contributed by atoms with Gasteiger partial charge in [-0.25, -0.2) is 0 Å². The minimum Gasteiger partial charge on any atom is -0.346 e. The van der Waals surface area contributed by atoms with Crippen LogP contribution in [0.2, 0.25) is 0 Å². The highest BCUT2D eigenvalue weighted by Crippen LogP contribution is 2.30. The van der Waals surface area contributed by atoms with Crippen molar-refractivity contribution in [1.29, 1.82) is 0 Å². The SMILES string of the molecule is CCCC1CCN(c2nnc(Br)s2)C1. The van der Waals surface area contributed by atoms with Gasteiger partial charge < -0.3 is 4.90 Å². The molecule has 1 unspecified atom stereocenters. The lowest BCUT2D eigenvalue weighted by Crippen LogP contribution is -2.19. The van der Waals surface area contributed by atoms with Crippen molar-refractivity contribution in [1.82, 2.24) is 10.2 Å². The lowest BCUT2D eigenvalue weighted by atomic mass is 10.0. The van der Waals surface area contributed by atoms with Gasteiger partial charge in [-0.15, -0.1) is 10.2 Å². The molecule has 5 heteroatoms. The van der Waals surface area contributed by atoms with Crippen LogP contribution in [0.15, 0.2) is 3.92 Å². The molecule has 1 aromatic rings. The van der Waals surface area contributed by atoms with Crippen LogP contribution in [0.4, 0.5) is 5.13 Å². The third-order valence-corrected chi connectivity index (χ3v) is 4.06. The topological polar surface area (TPSA) is 29.0 Å². The molecule has 78 valence electrons. The highest BCUT2D eigenvalue weighted by Gasteiger charge is 2.23. The maximum Gasteiger partial charge on any atom is 0.209 e. The van der Waals surface area contributed by atoms with Crippen LogP contribution in [-0.2, 0) is 0 Å². The Morgan fingerprint density at radius 3 is 3.07 bits per heavy atom. The molecule has 14 heavy (non-hydrogen) atoms. The molecular weight excluding hydrogens is 262 g/mol. The van der Waals surface area contributed by atoms with E-state index in [9.17, 15) is 0 Å². The van der Waals surface area contributed by atoms with Crippen molar-refractivity contribution in [2.24, 2.45) is 5.92 Å². The molecule has 0 aromatic carbocycles. The van der Waals surface area contributed by atoms with Gasteiger partial charge in [0, 0.05) is 13.1 Å². The summed E-state index contributed by atoms with van der Waals surface area (Å²) >= 11 is 4.97. The maximum absolute atomic E-state index is 4.14. The zero-order chi connectivity index (χ0) is 9.97. The van der Waals surface area contributed by atoms with E-state index in [1.54, 1.807) is 11.3 Å². The second kappa shape index (κ2) is 4.57. The molecule has 0 radical (unpaired) electrons. The van der Waals surface area contributed by atoms with E-state index in [1.807, 2.05) is 0 Å². The normalized spacial score (nSPS) is 21.9. The molecule has 3 nitrogen and oxygen atoms in total. The van der Waals surface area contributed by atoms with Crippen molar-refractivity contribution < 1.29 is 0 Å². The van der Waals surface area contributed by atoms with Crippen molar-refractivity contribution in [3.05, 3.63) is 3.92 Å². The number of aromatic nitrogens is 2. The molecule has 1 aliphatic heterocycles. The first-order valence-electron chi connectivity index (χ1n) is 5.03. The summed E-state index contributed by atoms with van der Waals surface area (Å²) in [4.78, 5) is 2.35. The first-order chi connectivity index (χ1) is 6.79. The average Bonchev–Trinajstić information content (AvgIpc) is 2.74. The third kappa shape index (κ3) is 2.25. The van der Waals surface area contributed by atoms with Crippen LogP contribution in [-0.4, -0.2) is 23.3 Å². The van der Waals surface area contributed by atoms with Crippen molar-refractivity contribution in [3.8, 4) is 0 Å². The summed E-state index contributed by atoms with van der Waals surface area (Å²) in [6, 6.07) is 0. The quantitative estimate of drug-likeness (QED) is 0.850. The Kier molecular flexibility index (Phi) is 3.38. The van der Waals surface area contributed by atoms with E-state index in [-0.39, 0.29) is 0 Å². The van der Waals surface area contributed by atoms with E-state index in [0.29, 0.717) is 0 Å². The van der Waals surface area contributed by atoms with Gasteiger partial charge in [0.15, 0.2) is 3.92 Å². The van der Waals surface area contributed by atoms with Gasteiger partial charge in [0.25, 0.3) is 0 Å². The second-order valence-corrected chi connectivity index (χ2v) is 5.96. The fraction of sp³-hybridized carbons (Fsp3) is 0.778. The molecule has 1 saturated heterocycles. The fourth-order valence-corrected chi connectivity index (χ4v) is 3.10. The molecule has 1 aromatic heterocycles. The lowest BCUT2D eigenvalue weighted by molar-refractivity contribution is 0.529. The van der Waals surface area contributed by atoms with Crippen molar-refractivity contribution in [2.45, 2.75) is 26.2 Å². The van der Waals surface area contributed by atoms with Gasteiger partial charge in [-0.2, -0.15) is 0 Å². The summed E-state index contributed by atoms with van der Waals surface area (Å²) in [6.45, 7) is 4.56. The van der Waals surface area contributed by atoms with Gasteiger partial charge in [0.2, 0.25) is 5.13 Å². The first-order valence-corrected chi connectivity index (χ1v) is 6.64. The molecule has 2 heterocycles. The summed E-state index contributed by atoms with van der Waals surface area (Å²) in [5.74, 6) is 0.864. The molecule has 1 atom stereocenters. The average molecular weight is 276 g/mol. The van der Waals surface area contributed by atoms with Gasteiger partial charge in [-0.05, 0) is 34.7 Å². The number of halogens is 1. The standard InChI is InChI=1S/C9H14BrN3S/c1-2-3-7-4-5-13(6-7)9-12-11-8(10)14-9/h7H,2-6H2,1H3. The van der Waals surface area contributed by atoms with E-state index in [2.05, 4.69) is 38.0 Å². The fourth-order valence-electron chi connectivity index (χ4n) is 1.98. The Labute approximate surface area is 96.7 Å². The molecule has 2 rings (SSSR count). The Bertz CT molecular complexity index is 302. The molecule has 0 aliphatic carbocycles. The minimum atomic E-state index is 0.864. The number of nitrogens with zero attached hydrogens (tertiary/aromatic N) is 3. The van der Waals surface area contributed by atoms with Crippen LogP contribution in [0.1, 0.15) is 26.2 Å². The van der Waals surface area contributed by atoms with E-state index in [4.69, 9.17) is 0 Å². The molecular formula is C9H14BrN3S. The van der Waals surface area contributed by atoms with E-state index >= 15 is 0 Å². The minimum absolute atomic E-state index is 0.864. The number of hydrogen-bond donors (Lipinski definition) is 0. The highest BCUT2D eigenvalue weighted by molar-refractivity contribution is 9.11. The number of hydrogen-bond acceptors (Lipinski definition) is 4. The van der Waals surface area contributed by atoms with E-state index < -0.39 is 0 Å². The van der Waals surface area contributed by atoms with Crippen LogP contribution < -0.4 is 4.90 Å². The first kappa shape index (κ1) is 10.4. The van der Waals surface area contributed by atoms with Gasteiger partial charge >= 0.3 is 0 Å². The molecule has 0 saturated carbocycles. The predicted octanol–water partition coefficient (Wildman–Crippen LogP) is 2.93. The molecule has 1 aliphatic rings. The Balaban J connectivity index is 1.95. The summed E-state index contributed by atoms with van der Waals surface area (Å²) in [6.07, 6.45) is 3.94. The third-order valence-electron chi connectivity index (χ3n) is 2.64. The number of rotatable bonds is 3. The second-order valence-electron chi connectivity index (χ2n) is 3.73. The predicted molar refractivity (Wildman–Crippen MR) is 62.8 cm³/mol. The summed E-state index contributed by atoms with van der Waals surface area (Å²) in [7, 11) is 0. The van der Waals surface area contributed by atoms with Crippen molar-refractivity contribution in [2.75, 3.05) is 18.0 Å². The monoisotopic (exact) mass is 275 g/mol. The van der Waals surface area contributed by atoms with Gasteiger partial charge in [0.05, 0.1) is 0 Å². The Hall–Kier alpha value is -0.160. The molecule has 0 amide bonds. The highest BCUT2D eigenvalue weighted by atomic mass is 79.9.